The van der Waals surface area contributed by atoms with Gasteiger partial charge in [-0.1, -0.05) is 0 Å². The van der Waals surface area contributed by atoms with Crippen LogP contribution in [0.3, 0.4) is 0 Å². The van der Waals surface area contributed by atoms with Crippen molar-refractivity contribution in [2.45, 2.75) is 19.4 Å². The topological polar surface area (TPSA) is 84.7 Å². The highest BCUT2D eigenvalue weighted by atomic mass is 16.6. The van der Waals surface area contributed by atoms with Crippen molar-refractivity contribution in [3.05, 3.63) is 33.9 Å². The van der Waals surface area contributed by atoms with Gasteiger partial charge in [0, 0.05) is 25.2 Å². The lowest BCUT2D eigenvalue weighted by Gasteiger charge is -2.42. The molecule has 1 aliphatic heterocycles. The number of carbonyl (C=O) groups excluding carboxylic acids is 1. The van der Waals surface area contributed by atoms with Crippen LogP contribution in [0, 0.1) is 10.1 Å². The Hall–Kier alpha value is -2.15. The van der Waals surface area contributed by atoms with Crippen molar-refractivity contribution in [2.24, 2.45) is 0 Å². The van der Waals surface area contributed by atoms with Gasteiger partial charge in [0.25, 0.3) is 11.6 Å². The third-order valence-corrected chi connectivity index (χ3v) is 3.60. The number of nitrogens with one attached hydrogen (secondary N) is 1. The fraction of sp³-hybridized carbons (Fsp3) is 0.500. The Balaban J connectivity index is 2.35. The smallest absolute Gasteiger partial charge is 0.293 e. The summed E-state index contributed by atoms with van der Waals surface area (Å²) in [5.41, 5.74) is 0.175. The maximum Gasteiger partial charge on any atom is 0.293 e. The van der Waals surface area contributed by atoms with Gasteiger partial charge in [0.05, 0.1) is 23.7 Å². The fourth-order valence-electron chi connectivity index (χ4n) is 2.42. The molecular weight excluding hydrogens is 274 g/mol. The van der Waals surface area contributed by atoms with Crippen LogP contribution < -0.4 is 5.32 Å². The lowest BCUT2D eigenvalue weighted by molar-refractivity contribution is -0.384. The third kappa shape index (κ3) is 2.97. The maximum absolute atomic E-state index is 12.6. The molecular formula is C14H19N3O4. The van der Waals surface area contributed by atoms with Crippen LogP contribution in [0.15, 0.2) is 18.2 Å². The zero-order valence-corrected chi connectivity index (χ0v) is 12.4. The molecule has 7 heteroatoms. The molecule has 0 aromatic heterocycles. The SMILES string of the molecule is CNc1ccc(C(=O)N2CCOCC2(C)C)cc1[N+](=O)[O-]. The molecule has 2 rings (SSSR count). The summed E-state index contributed by atoms with van der Waals surface area (Å²) in [5, 5.41) is 13.8. The molecule has 1 N–H and O–H groups in total. The minimum Gasteiger partial charge on any atom is -0.383 e. The number of rotatable bonds is 3. The van der Waals surface area contributed by atoms with Crippen molar-refractivity contribution in [3.63, 3.8) is 0 Å². The summed E-state index contributed by atoms with van der Waals surface area (Å²) in [4.78, 5) is 24.9. The van der Waals surface area contributed by atoms with E-state index in [4.69, 9.17) is 4.74 Å². The van der Waals surface area contributed by atoms with E-state index < -0.39 is 10.5 Å². The summed E-state index contributed by atoms with van der Waals surface area (Å²) in [5.74, 6) is -0.214. The van der Waals surface area contributed by atoms with Gasteiger partial charge in [-0.05, 0) is 26.0 Å². The second-order valence-electron chi connectivity index (χ2n) is 5.56. The summed E-state index contributed by atoms with van der Waals surface area (Å²) < 4.78 is 5.39. The van der Waals surface area contributed by atoms with Gasteiger partial charge in [0.2, 0.25) is 0 Å². The molecule has 7 nitrogen and oxygen atoms in total. The largest absolute Gasteiger partial charge is 0.383 e. The van der Waals surface area contributed by atoms with Crippen LogP contribution in [-0.4, -0.2) is 48.1 Å². The van der Waals surface area contributed by atoms with Crippen molar-refractivity contribution in [2.75, 3.05) is 32.1 Å². The average molecular weight is 293 g/mol. The van der Waals surface area contributed by atoms with E-state index in [1.54, 1.807) is 24.1 Å². The molecule has 1 heterocycles. The minimum atomic E-state index is -0.493. The Bertz CT molecular complexity index is 571. The molecule has 0 bridgehead atoms. The number of hydrogen-bond acceptors (Lipinski definition) is 5. The number of ether oxygens (including phenoxy) is 1. The van der Waals surface area contributed by atoms with Gasteiger partial charge in [0.1, 0.15) is 5.69 Å². The van der Waals surface area contributed by atoms with Gasteiger partial charge >= 0.3 is 0 Å². The monoisotopic (exact) mass is 293 g/mol. The molecule has 0 atom stereocenters. The number of anilines is 1. The van der Waals surface area contributed by atoms with Gasteiger partial charge in [-0.25, -0.2) is 0 Å². The average Bonchev–Trinajstić information content (AvgIpc) is 2.45. The summed E-state index contributed by atoms with van der Waals surface area (Å²) in [7, 11) is 1.61. The number of amides is 1. The highest BCUT2D eigenvalue weighted by Gasteiger charge is 2.35. The highest BCUT2D eigenvalue weighted by molar-refractivity contribution is 5.96. The van der Waals surface area contributed by atoms with Gasteiger partial charge in [0.15, 0.2) is 0 Å². The molecule has 0 aliphatic carbocycles. The number of morpholine rings is 1. The summed E-state index contributed by atoms with van der Waals surface area (Å²) in [6.07, 6.45) is 0. The zero-order valence-electron chi connectivity index (χ0n) is 12.4. The number of nitro benzene ring substituents is 1. The van der Waals surface area contributed by atoms with Crippen LogP contribution in [0.25, 0.3) is 0 Å². The summed E-state index contributed by atoms with van der Waals surface area (Å²) in [6, 6.07) is 4.48. The van der Waals surface area contributed by atoms with Gasteiger partial charge in [-0.15, -0.1) is 0 Å². The molecule has 0 radical (unpaired) electrons. The van der Waals surface area contributed by atoms with Crippen molar-refractivity contribution < 1.29 is 14.5 Å². The number of benzene rings is 1. The fourth-order valence-corrected chi connectivity index (χ4v) is 2.42. The van der Waals surface area contributed by atoms with Crippen LogP contribution in [0.2, 0.25) is 0 Å². The van der Waals surface area contributed by atoms with Gasteiger partial charge in [-0.2, -0.15) is 0 Å². The first-order valence-electron chi connectivity index (χ1n) is 6.73. The van der Waals surface area contributed by atoms with Crippen LogP contribution in [0.1, 0.15) is 24.2 Å². The molecule has 114 valence electrons. The van der Waals surface area contributed by atoms with Crippen molar-refractivity contribution in [1.82, 2.24) is 4.90 Å². The first kappa shape index (κ1) is 15.2. The molecule has 1 aromatic carbocycles. The molecule has 1 saturated heterocycles. The highest BCUT2D eigenvalue weighted by Crippen LogP contribution is 2.28. The lowest BCUT2D eigenvalue weighted by Crippen LogP contribution is -2.55. The summed E-state index contributed by atoms with van der Waals surface area (Å²) >= 11 is 0. The Morgan fingerprint density at radius 3 is 2.76 bits per heavy atom. The second-order valence-corrected chi connectivity index (χ2v) is 5.56. The number of nitrogens with zero attached hydrogens (tertiary/aromatic N) is 2. The normalized spacial score (nSPS) is 17.4. The van der Waals surface area contributed by atoms with E-state index in [0.29, 0.717) is 31.0 Å². The zero-order chi connectivity index (χ0) is 15.6. The number of hydrogen-bond donors (Lipinski definition) is 1. The Morgan fingerprint density at radius 2 is 2.19 bits per heavy atom. The molecule has 1 aliphatic rings. The van der Waals surface area contributed by atoms with E-state index in [1.807, 2.05) is 13.8 Å². The Morgan fingerprint density at radius 1 is 1.48 bits per heavy atom. The Labute approximate surface area is 123 Å². The predicted octanol–water partition coefficient (Wildman–Crippen LogP) is 1.89. The van der Waals surface area contributed by atoms with Crippen molar-refractivity contribution in [1.29, 1.82) is 0 Å². The maximum atomic E-state index is 12.6. The number of nitro groups is 1. The van der Waals surface area contributed by atoms with Crippen LogP contribution in [0.5, 0.6) is 0 Å². The Kier molecular flexibility index (Phi) is 4.13. The van der Waals surface area contributed by atoms with E-state index in [-0.39, 0.29) is 11.6 Å². The van der Waals surface area contributed by atoms with Gasteiger partial charge in [-0.3, -0.25) is 14.9 Å². The second kappa shape index (κ2) is 5.69. The van der Waals surface area contributed by atoms with E-state index in [2.05, 4.69) is 5.32 Å². The van der Waals surface area contributed by atoms with Crippen molar-refractivity contribution in [3.8, 4) is 0 Å². The third-order valence-electron chi connectivity index (χ3n) is 3.60. The minimum absolute atomic E-state index is 0.102. The molecule has 0 spiro atoms. The van der Waals surface area contributed by atoms with Crippen LogP contribution >= 0.6 is 0 Å². The molecule has 1 aromatic rings. The first-order chi connectivity index (χ1) is 9.86. The van der Waals surface area contributed by atoms with E-state index in [1.165, 1.54) is 6.07 Å². The van der Waals surface area contributed by atoms with Gasteiger partial charge < -0.3 is 15.0 Å². The molecule has 21 heavy (non-hydrogen) atoms. The summed E-state index contributed by atoms with van der Waals surface area (Å²) in [6.45, 7) is 5.25. The lowest BCUT2D eigenvalue weighted by atomic mass is 10.0. The van der Waals surface area contributed by atoms with Crippen LogP contribution in [0.4, 0.5) is 11.4 Å². The number of carbonyl (C=O) groups is 1. The first-order valence-corrected chi connectivity index (χ1v) is 6.73. The molecule has 0 saturated carbocycles. The van der Waals surface area contributed by atoms with Crippen molar-refractivity contribution >= 4 is 17.3 Å². The predicted molar refractivity (Wildman–Crippen MR) is 78.6 cm³/mol. The molecule has 0 unspecified atom stereocenters. The van der Waals surface area contributed by atoms with E-state index in [9.17, 15) is 14.9 Å². The molecule has 1 amide bonds. The molecule has 1 fully saturated rings. The quantitative estimate of drug-likeness (QED) is 0.679. The standard InChI is InChI=1S/C14H19N3O4/c1-14(2)9-21-7-6-16(14)13(18)10-4-5-11(15-3)12(8-10)17(19)20/h4-5,8,15H,6-7,9H2,1-3H3. The van der Waals surface area contributed by atoms with E-state index >= 15 is 0 Å². The van der Waals surface area contributed by atoms with Crippen LogP contribution in [-0.2, 0) is 4.74 Å². The van der Waals surface area contributed by atoms with E-state index in [0.717, 1.165) is 0 Å².